The summed E-state index contributed by atoms with van der Waals surface area (Å²) in [6.45, 7) is 3.20. The van der Waals surface area contributed by atoms with Gasteiger partial charge in [-0.2, -0.15) is 5.26 Å². The Labute approximate surface area is 100 Å². The molecule has 2 heterocycles. The van der Waals surface area contributed by atoms with E-state index >= 15 is 0 Å². The molecule has 0 spiro atoms. The summed E-state index contributed by atoms with van der Waals surface area (Å²) in [5.41, 5.74) is 5.58. The number of pyridine rings is 1. The van der Waals surface area contributed by atoms with Gasteiger partial charge in [0.15, 0.2) is 5.69 Å². The van der Waals surface area contributed by atoms with Crippen LogP contribution in [0.5, 0.6) is 0 Å². The van der Waals surface area contributed by atoms with Gasteiger partial charge in [-0.15, -0.1) is 0 Å². The Kier molecular flexibility index (Phi) is 2.90. The molecule has 5 nitrogen and oxygen atoms in total. The van der Waals surface area contributed by atoms with Crippen LogP contribution in [-0.4, -0.2) is 28.8 Å². The van der Waals surface area contributed by atoms with Crippen LogP contribution in [0.3, 0.4) is 0 Å². The summed E-state index contributed by atoms with van der Waals surface area (Å²) >= 11 is 0. The number of anilines is 2. The van der Waals surface area contributed by atoms with E-state index in [9.17, 15) is 5.11 Å². The van der Waals surface area contributed by atoms with Gasteiger partial charge in [0.25, 0.3) is 0 Å². The molecule has 1 fully saturated rings. The van der Waals surface area contributed by atoms with Crippen LogP contribution in [0.2, 0.25) is 0 Å². The van der Waals surface area contributed by atoms with Crippen LogP contribution in [-0.2, 0) is 0 Å². The molecule has 90 valence electrons. The fourth-order valence-electron chi connectivity index (χ4n) is 2.14. The molecular weight excluding hydrogens is 216 g/mol. The fraction of sp³-hybridized carbons (Fsp3) is 0.500. The highest BCUT2D eigenvalue weighted by molar-refractivity contribution is 5.55. The lowest BCUT2D eigenvalue weighted by atomic mass is 9.95. The summed E-state index contributed by atoms with van der Waals surface area (Å²) in [6, 6.07) is 5.44. The second-order valence-electron chi connectivity index (χ2n) is 4.74. The van der Waals surface area contributed by atoms with Crippen molar-refractivity contribution in [2.24, 2.45) is 0 Å². The van der Waals surface area contributed by atoms with Crippen molar-refractivity contribution in [1.82, 2.24) is 4.98 Å². The lowest BCUT2D eigenvalue weighted by Crippen LogP contribution is -2.46. The van der Waals surface area contributed by atoms with Crippen LogP contribution in [0.25, 0.3) is 0 Å². The van der Waals surface area contributed by atoms with Crippen molar-refractivity contribution in [3.63, 3.8) is 0 Å². The minimum Gasteiger partial charge on any atom is -0.396 e. The summed E-state index contributed by atoms with van der Waals surface area (Å²) in [6.07, 6.45) is 1.71. The van der Waals surface area contributed by atoms with E-state index in [2.05, 4.69) is 4.98 Å². The average Bonchev–Trinajstić information content (AvgIpc) is 2.28. The van der Waals surface area contributed by atoms with E-state index in [-0.39, 0.29) is 5.69 Å². The fourth-order valence-corrected chi connectivity index (χ4v) is 2.14. The second kappa shape index (κ2) is 4.22. The number of rotatable bonds is 1. The Bertz CT molecular complexity index is 464. The van der Waals surface area contributed by atoms with Crippen molar-refractivity contribution in [2.45, 2.75) is 25.4 Å². The monoisotopic (exact) mass is 232 g/mol. The van der Waals surface area contributed by atoms with E-state index < -0.39 is 5.60 Å². The molecule has 1 unspecified atom stereocenters. The van der Waals surface area contributed by atoms with Gasteiger partial charge in [-0.3, -0.25) is 0 Å². The molecule has 1 aromatic heterocycles. The van der Waals surface area contributed by atoms with Crippen LogP contribution >= 0.6 is 0 Å². The van der Waals surface area contributed by atoms with Gasteiger partial charge in [0, 0.05) is 13.1 Å². The summed E-state index contributed by atoms with van der Waals surface area (Å²) < 4.78 is 0. The number of nitrogens with zero attached hydrogens (tertiary/aromatic N) is 3. The highest BCUT2D eigenvalue weighted by atomic mass is 16.3. The molecular formula is C12H16N4O. The van der Waals surface area contributed by atoms with E-state index in [1.807, 2.05) is 17.9 Å². The molecule has 1 aliphatic rings. The van der Waals surface area contributed by atoms with Crippen molar-refractivity contribution in [3.05, 3.63) is 17.8 Å². The number of β-amino-alcohol motifs (C(OH)–C–C–N with tert-alkyl or cyclic N) is 1. The molecule has 1 aromatic rings. The summed E-state index contributed by atoms with van der Waals surface area (Å²) in [5.74, 6) is 0.704. The number of piperidine rings is 1. The van der Waals surface area contributed by atoms with Crippen molar-refractivity contribution in [2.75, 3.05) is 23.7 Å². The highest BCUT2D eigenvalue weighted by Crippen LogP contribution is 2.25. The van der Waals surface area contributed by atoms with E-state index in [4.69, 9.17) is 11.0 Å². The number of aliphatic hydroxyl groups is 1. The molecule has 0 aliphatic carbocycles. The van der Waals surface area contributed by atoms with E-state index in [0.29, 0.717) is 18.1 Å². The Morgan fingerprint density at radius 1 is 1.59 bits per heavy atom. The van der Waals surface area contributed by atoms with Gasteiger partial charge in [-0.05, 0) is 31.9 Å². The molecule has 0 saturated carbocycles. The third kappa shape index (κ3) is 2.48. The lowest BCUT2D eigenvalue weighted by molar-refractivity contribution is 0.0447. The molecule has 1 saturated heterocycles. The van der Waals surface area contributed by atoms with Crippen LogP contribution < -0.4 is 10.6 Å². The predicted molar refractivity (Wildman–Crippen MR) is 65.4 cm³/mol. The zero-order valence-corrected chi connectivity index (χ0v) is 9.85. The number of nitriles is 1. The molecule has 0 radical (unpaired) electrons. The summed E-state index contributed by atoms with van der Waals surface area (Å²) in [4.78, 5) is 6.20. The normalized spacial score (nSPS) is 24.4. The highest BCUT2D eigenvalue weighted by Gasteiger charge is 2.29. The number of hydrogen-bond donors (Lipinski definition) is 2. The SMILES string of the molecule is CC1(O)CCCN(c2ccc(N)c(C#N)n2)C1. The van der Waals surface area contributed by atoms with Gasteiger partial charge in [0.2, 0.25) is 0 Å². The first-order chi connectivity index (χ1) is 8.02. The quantitative estimate of drug-likeness (QED) is 0.750. The van der Waals surface area contributed by atoms with Crippen molar-refractivity contribution in [3.8, 4) is 6.07 Å². The van der Waals surface area contributed by atoms with Crippen molar-refractivity contribution < 1.29 is 5.11 Å². The van der Waals surface area contributed by atoms with Crippen molar-refractivity contribution in [1.29, 1.82) is 5.26 Å². The first-order valence-corrected chi connectivity index (χ1v) is 5.66. The molecule has 5 heteroatoms. The maximum Gasteiger partial charge on any atom is 0.165 e. The minimum atomic E-state index is -0.686. The molecule has 17 heavy (non-hydrogen) atoms. The number of hydrogen-bond acceptors (Lipinski definition) is 5. The number of nitrogen functional groups attached to an aromatic ring is 1. The molecule has 1 aliphatic heterocycles. The van der Waals surface area contributed by atoms with Gasteiger partial charge < -0.3 is 15.7 Å². The Hall–Kier alpha value is -1.80. The van der Waals surface area contributed by atoms with E-state index in [1.165, 1.54) is 0 Å². The largest absolute Gasteiger partial charge is 0.396 e. The molecule has 0 aromatic carbocycles. The van der Waals surface area contributed by atoms with Gasteiger partial charge in [0.1, 0.15) is 11.9 Å². The molecule has 1 atom stereocenters. The zero-order chi connectivity index (χ0) is 12.5. The van der Waals surface area contributed by atoms with Crippen LogP contribution in [0.1, 0.15) is 25.5 Å². The summed E-state index contributed by atoms with van der Waals surface area (Å²) in [5, 5.41) is 18.9. The maximum absolute atomic E-state index is 10.0. The minimum absolute atomic E-state index is 0.243. The molecule has 0 amide bonds. The predicted octanol–water partition coefficient (Wildman–Crippen LogP) is 0.887. The molecule has 0 bridgehead atoms. The zero-order valence-electron chi connectivity index (χ0n) is 9.85. The Balaban J connectivity index is 2.26. The molecule has 2 rings (SSSR count). The van der Waals surface area contributed by atoms with Crippen LogP contribution in [0.15, 0.2) is 12.1 Å². The smallest absolute Gasteiger partial charge is 0.165 e. The standard InChI is InChI=1S/C12H16N4O/c1-12(17)5-2-6-16(8-12)11-4-3-9(14)10(7-13)15-11/h3-4,17H,2,5-6,8,14H2,1H3. The van der Waals surface area contributed by atoms with Crippen molar-refractivity contribution >= 4 is 11.5 Å². The van der Waals surface area contributed by atoms with E-state index in [0.717, 1.165) is 19.4 Å². The van der Waals surface area contributed by atoms with Gasteiger partial charge in [-0.25, -0.2) is 4.98 Å². The van der Waals surface area contributed by atoms with Gasteiger partial charge in [-0.1, -0.05) is 0 Å². The maximum atomic E-state index is 10.0. The van der Waals surface area contributed by atoms with Gasteiger partial charge in [0.05, 0.1) is 11.3 Å². The van der Waals surface area contributed by atoms with Crippen LogP contribution in [0, 0.1) is 11.3 Å². The van der Waals surface area contributed by atoms with Gasteiger partial charge >= 0.3 is 0 Å². The topological polar surface area (TPSA) is 86.2 Å². The first-order valence-electron chi connectivity index (χ1n) is 5.66. The lowest BCUT2D eigenvalue weighted by Gasteiger charge is -2.37. The van der Waals surface area contributed by atoms with Crippen LogP contribution in [0.4, 0.5) is 11.5 Å². The third-order valence-corrected chi connectivity index (χ3v) is 3.02. The number of nitrogens with two attached hydrogens (primary N) is 1. The number of aromatic nitrogens is 1. The third-order valence-electron chi connectivity index (χ3n) is 3.02. The Morgan fingerprint density at radius 3 is 3.00 bits per heavy atom. The molecule has 3 N–H and O–H groups in total. The first kappa shape index (κ1) is 11.7. The summed E-state index contributed by atoms with van der Waals surface area (Å²) in [7, 11) is 0. The average molecular weight is 232 g/mol. The second-order valence-corrected chi connectivity index (χ2v) is 4.74. The van der Waals surface area contributed by atoms with E-state index in [1.54, 1.807) is 12.1 Å². The Morgan fingerprint density at radius 2 is 2.35 bits per heavy atom.